The maximum Gasteiger partial charge on any atom is 0.410 e. The molecule has 1 aromatic heterocycles. The molecule has 6 nitrogen and oxygen atoms in total. The van der Waals surface area contributed by atoms with Crippen molar-refractivity contribution >= 4 is 6.09 Å². The largest absolute Gasteiger partial charge is 0.487 e. The van der Waals surface area contributed by atoms with E-state index in [1.807, 2.05) is 57.2 Å². The average Bonchev–Trinajstić information content (AvgIpc) is 2.92. The van der Waals surface area contributed by atoms with Gasteiger partial charge >= 0.3 is 6.09 Å². The number of carbonyl (C=O) groups excluding carboxylic acids is 1. The van der Waals surface area contributed by atoms with E-state index >= 15 is 0 Å². The first-order valence-corrected chi connectivity index (χ1v) is 7.48. The second-order valence-electron chi connectivity index (χ2n) is 6.32. The number of hydrogen-bond donors (Lipinski definition) is 1. The van der Waals surface area contributed by atoms with Crippen molar-refractivity contribution in [3.63, 3.8) is 0 Å². The number of benzene rings is 1. The number of aromatic nitrogens is 2. The van der Waals surface area contributed by atoms with E-state index in [0.717, 1.165) is 17.1 Å². The van der Waals surface area contributed by atoms with Gasteiger partial charge in [-0.15, -0.1) is 0 Å². The molecule has 1 heterocycles. The van der Waals surface area contributed by atoms with Crippen molar-refractivity contribution in [3.8, 4) is 5.75 Å². The quantitative estimate of drug-likeness (QED) is 0.918. The standard InChI is InChI=1S/C17H23N3O3/c1-17(2,3)23-16(21)20(4)11-13-10-14(19-18-13)12-22-15-8-6-5-7-9-15/h5-10H,11-12H2,1-4H3,(H,18,19). The van der Waals surface area contributed by atoms with Crippen molar-refractivity contribution in [1.82, 2.24) is 15.1 Å². The Hall–Kier alpha value is -2.50. The molecular formula is C17H23N3O3. The third-order valence-electron chi connectivity index (χ3n) is 2.93. The number of carbonyl (C=O) groups is 1. The van der Waals surface area contributed by atoms with Crippen LogP contribution in [0.1, 0.15) is 32.2 Å². The molecule has 0 aliphatic rings. The van der Waals surface area contributed by atoms with Gasteiger partial charge in [-0.25, -0.2) is 4.79 Å². The molecule has 0 unspecified atom stereocenters. The number of ether oxygens (including phenoxy) is 2. The van der Waals surface area contributed by atoms with Crippen LogP contribution in [0.5, 0.6) is 5.75 Å². The van der Waals surface area contributed by atoms with Gasteiger partial charge in [0.2, 0.25) is 0 Å². The van der Waals surface area contributed by atoms with Crippen LogP contribution in [-0.2, 0) is 17.9 Å². The van der Waals surface area contributed by atoms with Crippen LogP contribution in [0.25, 0.3) is 0 Å². The summed E-state index contributed by atoms with van der Waals surface area (Å²) in [5, 5.41) is 7.11. The molecule has 0 atom stereocenters. The number of nitrogens with one attached hydrogen (secondary N) is 1. The summed E-state index contributed by atoms with van der Waals surface area (Å²) < 4.78 is 11.0. The summed E-state index contributed by atoms with van der Waals surface area (Å²) in [6.45, 7) is 6.29. The van der Waals surface area contributed by atoms with Crippen molar-refractivity contribution in [2.45, 2.75) is 39.5 Å². The molecule has 2 aromatic rings. The van der Waals surface area contributed by atoms with Crippen LogP contribution in [0.3, 0.4) is 0 Å². The summed E-state index contributed by atoms with van der Waals surface area (Å²) in [6.07, 6.45) is -0.373. The lowest BCUT2D eigenvalue weighted by Gasteiger charge is -2.24. The zero-order valence-electron chi connectivity index (χ0n) is 14.0. The molecule has 2 rings (SSSR count). The molecule has 1 aromatic carbocycles. The van der Waals surface area contributed by atoms with Crippen LogP contribution >= 0.6 is 0 Å². The number of rotatable bonds is 5. The number of nitrogens with zero attached hydrogens (tertiary/aromatic N) is 2. The lowest BCUT2D eigenvalue weighted by Crippen LogP contribution is -2.33. The number of amides is 1. The monoisotopic (exact) mass is 317 g/mol. The van der Waals surface area contributed by atoms with Crippen LogP contribution in [0.4, 0.5) is 4.79 Å². The minimum absolute atomic E-state index is 0.372. The van der Waals surface area contributed by atoms with E-state index in [0.29, 0.717) is 13.2 Å². The first-order chi connectivity index (χ1) is 10.8. The molecule has 1 N–H and O–H groups in total. The number of H-pyrrole nitrogens is 1. The zero-order valence-corrected chi connectivity index (χ0v) is 14.0. The Morgan fingerprint density at radius 1 is 1.26 bits per heavy atom. The zero-order chi connectivity index (χ0) is 16.9. The smallest absolute Gasteiger partial charge is 0.410 e. The highest BCUT2D eigenvalue weighted by Crippen LogP contribution is 2.13. The van der Waals surface area contributed by atoms with Crippen LogP contribution in [0, 0.1) is 0 Å². The summed E-state index contributed by atoms with van der Waals surface area (Å²) >= 11 is 0. The first kappa shape index (κ1) is 16.9. The Morgan fingerprint density at radius 3 is 2.61 bits per heavy atom. The van der Waals surface area contributed by atoms with Crippen LogP contribution in [0.15, 0.2) is 36.4 Å². The normalized spacial score (nSPS) is 11.1. The van der Waals surface area contributed by atoms with Crippen molar-refractivity contribution in [3.05, 3.63) is 47.8 Å². The number of para-hydroxylation sites is 1. The van der Waals surface area contributed by atoms with Crippen molar-refractivity contribution in [1.29, 1.82) is 0 Å². The fraction of sp³-hybridized carbons (Fsp3) is 0.412. The predicted octanol–water partition coefficient (Wildman–Crippen LogP) is 3.36. The summed E-state index contributed by atoms with van der Waals surface area (Å²) in [4.78, 5) is 13.4. The second-order valence-corrected chi connectivity index (χ2v) is 6.32. The Labute approximate surface area is 136 Å². The van der Waals surface area contributed by atoms with E-state index in [1.165, 1.54) is 4.90 Å². The SMILES string of the molecule is CN(Cc1cc(COc2ccccc2)[nH]n1)C(=O)OC(C)(C)C. The molecule has 0 aliphatic heterocycles. The molecule has 0 saturated heterocycles. The number of hydrogen-bond acceptors (Lipinski definition) is 4. The molecule has 0 saturated carbocycles. The lowest BCUT2D eigenvalue weighted by molar-refractivity contribution is 0.0283. The van der Waals surface area contributed by atoms with Gasteiger partial charge in [0.15, 0.2) is 0 Å². The molecule has 0 fully saturated rings. The van der Waals surface area contributed by atoms with Crippen LogP contribution < -0.4 is 4.74 Å². The molecule has 0 aliphatic carbocycles. The molecule has 0 bridgehead atoms. The molecule has 1 amide bonds. The molecule has 0 spiro atoms. The van der Waals surface area contributed by atoms with Gasteiger partial charge in [-0.2, -0.15) is 5.10 Å². The minimum atomic E-state index is -0.508. The van der Waals surface area contributed by atoms with Crippen molar-refractivity contribution < 1.29 is 14.3 Å². The molecule has 23 heavy (non-hydrogen) atoms. The summed E-state index contributed by atoms with van der Waals surface area (Å²) in [5.41, 5.74) is 1.09. The van der Waals surface area contributed by atoms with Gasteiger partial charge < -0.3 is 14.4 Å². The maximum atomic E-state index is 11.9. The third kappa shape index (κ3) is 5.65. The molecule has 0 radical (unpaired) electrons. The molecule has 124 valence electrons. The summed E-state index contributed by atoms with van der Waals surface area (Å²) in [7, 11) is 1.68. The molecular weight excluding hydrogens is 294 g/mol. The Kier molecular flexibility index (Phi) is 5.26. The lowest BCUT2D eigenvalue weighted by atomic mass is 10.2. The molecule has 6 heteroatoms. The fourth-order valence-corrected chi connectivity index (χ4v) is 1.89. The van der Waals surface area contributed by atoms with E-state index in [1.54, 1.807) is 7.05 Å². The predicted molar refractivity (Wildman–Crippen MR) is 87.1 cm³/mol. The average molecular weight is 317 g/mol. The van der Waals surface area contributed by atoms with E-state index in [9.17, 15) is 4.79 Å². The minimum Gasteiger partial charge on any atom is -0.487 e. The Bertz CT molecular complexity index is 632. The van der Waals surface area contributed by atoms with Gasteiger partial charge in [-0.05, 0) is 39.0 Å². The van der Waals surface area contributed by atoms with Crippen LogP contribution in [0.2, 0.25) is 0 Å². The first-order valence-electron chi connectivity index (χ1n) is 7.48. The van der Waals surface area contributed by atoms with Crippen LogP contribution in [-0.4, -0.2) is 33.8 Å². The number of aromatic amines is 1. The summed E-state index contributed by atoms with van der Waals surface area (Å²) in [5.74, 6) is 0.800. The van der Waals surface area contributed by atoms with Gasteiger partial charge in [0.05, 0.1) is 17.9 Å². The topological polar surface area (TPSA) is 67.5 Å². The highest BCUT2D eigenvalue weighted by Gasteiger charge is 2.20. The van der Waals surface area contributed by atoms with Crippen molar-refractivity contribution in [2.75, 3.05) is 7.05 Å². The maximum absolute atomic E-state index is 11.9. The van der Waals surface area contributed by atoms with E-state index in [-0.39, 0.29) is 6.09 Å². The highest BCUT2D eigenvalue weighted by molar-refractivity contribution is 5.67. The Morgan fingerprint density at radius 2 is 1.96 bits per heavy atom. The van der Waals surface area contributed by atoms with Gasteiger partial charge in [0, 0.05) is 7.05 Å². The van der Waals surface area contributed by atoms with E-state index in [4.69, 9.17) is 9.47 Å². The van der Waals surface area contributed by atoms with Crippen molar-refractivity contribution in [2.24, 2.45) is 0 Å². The second kappa shape index (κ2) is 7.17. The van der Waals surface area contributed by atoms with E-state index < -0.39 is 5.60 Å². The Balaban J connectivity index is 1.85. The van der Waals surface area contributed by atoms with Gasteiger partial charge in [0.25, 0.3) is 0 Å². The summed E-state index contributed by atoms with van der Waals surface area (Å²) in [6, 6.07) is 11.5. The van der Waals surface area contributed by atoms with E-state index in [2.05, 4.69) is 10.2 Å². The fourth-order valence-electron chi connectivity index (χ4n) is 1.89. The van der Waals surface area contributed by atoms with Gasteiger partial charge in [-0.1, -0.05) is 18.2 Å². The highest BCUT2D eigenvalue weighted by atomic mass is 16.6. The van der Waals surface area contributed by atoms with Gasteiger partial charge in [-0.3, -0.25) is 5.10 Å². The third-order valence-corrected chi connectivity index (χ3v) is 2.93. The van der Waals surface area contributed by atoms with Gasteiger partial charge in [0.1, 0.15) is 18.0 Å².